The van der Waals surface area contributed by atoms with Gasteiger partial charge in [-0.1, -0.05) is 18.2 Å². The van der Waals surface area contributed by atoms with Gasteiger partial charge in [-0.25, -0.2) is 23.6 Å². The summed E-state index contributed by atoms with van der Waals surface area (Å²) in [5.74, 6) is -0.895. The van der Waals surface area contributed by atoms with Crippen LogP contribution >= 0.6 is 0 Å². The van der Waals surface area contributed by atoms with Crippen molar-refractivity contribution in [2.75, 3.05) is 17.9 Å². The number of hydrogen-bond donors (Lipinski definition) is 2. The van der Waals surface area contributed by atoms with Crippen LogP contribution in [0.3, 0.4) is 0 Å². The van der Waals surface area contributed by atoms with Gasteiger partial charge >= 0.3 is 0 Å². The lowest BCUT2D eigenvalue weighted by molar-refractivity contribution is 0.0707. The molecule has 3 heterocycles. The van der Waals surface area contributed by atoms with Crippen LogP contribution in [0.5, 0.6) is 5.75 Å². The molecule has 0 unspecified atom stereocenters. The number of rotatable bonds is 8. The van der Waals surface area contributed by atoms with E-state index in [1.807, 2.05) is 30.3 Å². The molecular formula is C27H24N6O5S. The highest BCUT2D eigenvalue weighted by molar-refractivity contribution is 7.91. The third-order valence-corrected chi connectivity index (χ3v) is 7.72. The van der Waals surface area contributed by atoms with Gasteiger partial charge in [0.2, 0.25) is 0 Å². The zero-order valence-electron chi connectivity index (χ0n) is 21.0. The summed E-state index contributed by atoms with van der Waals surface area (Å²) in [6.07, 6.45) is 4.34. The number of fused-ring (bicyclic) bond motifs is 1. The van der Waals surface area contributed by atoms with Crippen LogP contribution in [0, 0.1) is 6.92 Å². The molecule has 0 fully saturated rings. The number of ether oxygens (including phenoxy) is 1. The molecule has 0 saturated carbocycles. The fraction of sp³-hybridized carbons (Fsp3) is 0.111. The summed E-state index contributed by atoms with van der Waals surface area (Å²) in [6, 6.07) is 18.7. The molecule has 2 N–H and O–H groups in total. The Morgan fingerprint density at radius 2 is 1.79 bits per heavy atom. The number of carbonyl (C=O) groups is 1. The molecule has 198 valence electrons. The topological polar surface area (TPSA) is 140 Å². The molecular weight excluding hydrogens is 520 g/mol. The van der Waals surface area contributed by atoms with Crippen LogP contribution in [-0.2, 0) is 9.84 Å². The lowest BCUT2D eigenvalue weighted by Gasteiger charge is -2.27. The molecule has 1 amide bonds. The van der Waals surface area contributed by atoms with Gasteiger partial charge < -0.3 is 9.64 Å². The van der Waals surface area contributed by atoms with E-state index in [2.05, 4.69) is 15.1 Å². The fourth-order valence-corrected chi connectivity index (χ4v) is 5.62. The van der Waals surface area contributed by atoms with E-state index in [9.17, 15) is 18.4 Å². The molecule has 0 radical (unpaired) electrons. The summed E-state index contributed by atoms with van der Waals surface area (Å²) < 4.78 is 34.2. The first-order valence-corrected chi connectivity index (χ1v) is 13.4. The Morgan fingerprint density at radius 1 is 1.05 bits per heavy atom. The number of aryl methyl sites for hydroxylation is 1. The van der Waals surface area contributed by atoms with Crippen molar-refractivity contribution in [3.63, 3.8) is 0 Å². The Morgan fingerprint density at radius 3 is 2.44 bits per heavy atom. The number of amides is 1. The van der Waals surface area contributed by atoms with Crippen LogP contribution in [0.1, 0.15) is 16.1 Å². The molecule has 0 spiro atoms. The average Bonchev–Trinajstić information content (AvgIpc) is 3.32. The summed E-state index contributed by atoms with van der Waals surface area (Å²) in [6.45, 7) is 1.74. The summed E-state index contributed by atoms with van der Waals surface area (Å²) >= 11 is 0. The quantitative estimate of drug-likeness (QED) is 0.220. The zero-order chi connectivity index (χ0) is 27.6. The smallest absolute Gasteiger partial charge is 0.278 e. The summed E-state index contributed by atoms with van der Waals surface area (Å²) in [5, 5.41) is 14.6. The molecule has 0 atom stereocenters. The van der Waals surface area contributed by atoms with E-state index in [0.29, 0.717) is 28.2 Å². The van der Waals surface area contributed by atoms with Crippen molar-refractivity contribution in [3.05, 3.63) is 96.6 Å². The van der Waals surface area contributed by atoms with Crippen LogP contribution in [0.15, 0.2) is 90.2 Å². The van der Waals surface area contributed by atoms with E-state index >= 15 is 0 Å². The Balaban J connectivity index is 1.77. The molecule has 0 aliphatic carbocycles. The minimum atomic E-state index is -3.96. The predicted octanol–water partition coefficient (Wildman–Crippen LogP) is 3.82. The van der Waals surface area contributed by atoms with Crippen LogP contribution in [0.25, 0.3) is 16.7 Å². The normalized spacial score (nSPS) is 11.4. The van der Waals surface area contributed by atoms with Gasteiger partial charge in [0.1, 0.15) is 11.6 Å². The Hall–Kier alpha value is -4.81. The van der Waals surface area contributed by atoms with Crippen molar-refractivity contribution in [1.29, 1.82) is 0 Å². The van der Waals surface area contributed by atoms with Gasteiger partial charge in [0.25, 0.3) is 5.91 Å². The highest BCUT2D eigenvalue weighted by Gasteiger charge is 2.29. The second-order valence-electron chi connectivity index (χ2n) is 8.55. The van der Waals surface area contributed by atoms with Gasteiger partial charge in [-0.3, -0.25) is 15.0 Å². The summed E-state index contributed by atoms with van der Waals surface area (Å²) in [4.78, 5) is 23.0. The molecule has 11 nitrogen and oxygen atoms in total. The monoisotopic (exact) mass is 544 g/mol. The van der Waals surface area contributed by atoms with E-state index in [1.165, 1.54) is 36.5 Å². The first-order valence-electron chi connectivity index (χ1n) is 11.8. The number of nitrogens with one attached hydrogen (secondary N) is 1. The second-order valence-corrected chi connectivity index (χ2v) is 10.5. The number of para-hydroxylation sites is 1. The van der Waals surface area contributed by atoms with Gasteiger partial charge in [0, 0.05) is 12.4 Å². The van der Waals surface area contributed by atoms with E-state index in [-0.39, 0.29) is 16.1 Å². The summed E-state index contributed by atoms with van der Waals surface area (Å²) in [7, 11) is -2.46. The van der Waals surface area contributed by atoms with Crippen molar-refractivity contribution in [2.45, 2.75) is 11.8 Å². The van der Waals surface area contributed by atoms with Gasteiger partial charge in [-0.15, -0.1) is 0 Å². The van der Waals surface area contributed by atoms with Gasteiger partial charge in [0.15, 0.2) is 15.5 Å². The van der Waals surface area contributed by atoms with Crippen LogP contribution in [0.2, 0.25) is 0 Å². The molecule has 0 aliphatic rings. The van der Waals surface area contributed by atoms with Crippen molar-refractivity contribution < 1.29 is 23.2 Å². The minimum Gasteiger partial charge on any atom is -0.497 e. The summed E-state index contributed by atoms with van der Waals surface area (Å²) in [5.41, 5.74) is 3.84. The Kier molecular flexibility index (Phi) is 6.96. The van der Waals surface area contributed by atoms with Gasteiger partial charge in [-0.2, -0.15) is 5.10 Å². The molecule has 5 aromatic rings. The van der Waals surface area contributed by atoms with Gasteiger partial charge in [0.05, 0.1) is 51.9 Å². The van der Waals surface area contributed by atoms with E-state index < -0.39 is 21.6 Å². The lowest BCUT2D eigenvalue weighted by Crippen LogP contribution is -2.29. The molecule has 0 saturated heterocycles. The zero-order valence-corrected chi connectivity index (χ0v) is 21.8. The highest BCUT2D eigenvalue weighted by Crippen LogP contribution is 2.38. The molecule has 2 aromatic carbocycles. The third-order valence-electron chi connectivity index (χ3n) is 6.14. The minimum absolute atomic E-state index is 0.0468. The number of hydroxylamine groups is 1. The molecule has 3 aromatic heterocycles. The standard InChI is InChI=1S/C27H24N6O5S/c1-18-24-25(23(27(34)31-35)16-29-26(24)33(30-18)19-7-4-3-5-8-19)32(20-9-6-14-28-15-20)17-39(36,37)22-12-10-21(38-2)11-13-22/h3-16,35H,17H2,1-2H3,(H,31,34). The number of carbonyl (C=O) groups excluding carboxylic acids is 1. The third kappa shape index (κ3) is 4.90. The second kappa shape index (κ2) is 10.5. The molecule has 0 bridgehead atoms. The lowest BCUT2D eigenvalue weighted by atomic mass is 10.1. The van der Waals surface area contributed by atoms with Crippen LogP contribution < -0.4 is 15.1 Å². The SMILES string of the molecule is COc1ccc(S(=O)(=O)CN(c2cccnc2)c2c(C(=O)NO)cnc3c2c(C)nn3-c2ccccc2)cc1. The molecule has 12 heteroatoms. The Bertz CT molecular complexity index is 1740. The first-order chi connectivity index (χ1) is 18.8. The van der Waals surface area contributed by atoms with Gasteiger partial charge in [-0.05, 0) is 55.5 Å². The van der Waals surface area contributed by atoms with Crippen molar-refractivity contribution in [3.8, 4) is 11.4 Å². The van der Waals surface area contributed by atoms with Crippen molar-refractivity contribution >= 4 is 38.2 Å². The first kappa shape index (κ1) is 25.8. The van der Waals surface area contributed by atoms with Crippen LogP contribution in [-0.4, -0.2) is 52.3 Å². The maximum atomic E-state index is 13.7. The average molecular weight is 545 g/mol. The maximum absolute atomic E-state index is 13.7. The number of pyridine rings is 2. The number of methoxy groups -OCH3 is 1. The number of anilines is 2. The largest absolute Gasteiger partial charge is 0.497 e. The number of nitrogens with zero attached hydrogens (tertiary/aromatic N) is 5. The van der Waals surface area contributed by atoms with Crippen molar-refractivity contribution in [2.24, 2.45) is 0 Å². The number of aromatic nitrogens is 4. The number of hydrogen-bond acceptors (Lipinski definition) is 9. The number of benzene rings is 2. The van der Waals surface area contributed by atoms with Crippen molar-refractivity contribution in [1.82, 2.24) is 25.2 Å². The van der Waals surface area contributed by atoms with E-state index in [1.54, 1.807) is 47.5 Å². The van der Waals surface area contributed by atoms with E-state index in [4.69, 9.17) is 4.74 Å². The van der Waals surface area contributed by atoms with E-state index in [0.717, 1.165) is 5.69 Å². The molecule has 5 rings (SSSR count). The molecule has 0 aliphatic heterocycles. The van der Waals surface area contributed by atoms with Crippen LogP contribution in [0.4, 0.5) is 11.4 Å². The maximum Gasteiger partial charge on any atom is 0.278 e. The highest BCUT2D eigenvalue weighted by atomic mass is 32.2. The fourth-order valence-electron chi connectivity index (χ4n) is 4.30. The number of sulfone groups is 1. The Labute approximate surface area is 224 Å². The molecule has 39 heavy (non-hydrogen) atoms. The predicted molar refractivity (Wildman–Crippen MR) is 144 cm³/mol.